The summed E-state index contributed by atoms with van der Waals surface area (Å²) in [6.45, 7) is 2.51. The molecular weight excluding hydrogens is 312 g/mol. The molecule has 24 heavy (non-hydrogen) atoms. The highest BCUT2D eigenvalue weighted by Crippen LogP contribution is 2.20. The van der Waals surface area contributed by atoms with Crippen LogP contribution in [0.4, 0.5) is 0 Å². The van der Waals surface area contributed by atoms with Crippen LogP contribution in [0.3, 0.4) is 0 Å². The first-order valence-electron chi connectivity index (χ1n) is 7.12. The topological polar surface area (TPSA) is 115 Å². The zero-order chi connectivity index (χ0) is 18.4. The van der Waals surface area contributed by atoms with E-state index in [0.29, 0.717) is 11.1 Å². The fraction of sp³-hybridized carbons (Fsp3) is 0.222. The molecule has 4 N–H and O–H groups in total. The lowest BCUT2D eigenvalue weighted by atomic mass is 9.97. The summed E-state index contributed by atoms with van der Waals surface area (Å²) in [6, 6.07) is 16.6. The van der Waals surface area contributed by atoms with Crippen molar-refractivity contribution in [3.05, 3.63) is 71.8 Å². The minimum atomic E-state index is -1.79. The van der Waals surface area contributed by atoms with Gasteiger partial charge in [-0.3, -0.25) is 0 Å². The fourth-order valence-electron chi connectivity index (χ4n) is 1.77. The third kappa shape index (κ3) is 4.65. The molecule has 0 heterocycles. The summed E-state index contributed by atoms with van der Waals surface area (Å²) >= 11 is 0. The molecule has 0 radical (unpaired) electrons. The average molecular weight is 332 g/mol. The molecule has 0 spiro atoms. The summed E-state index contributed by atoms with van der Waals surface area (Å²) in [6.07, 6.45) is 0. The lowest BCUT2D eigenvalue weighted by Gasteiger charge is -2.17. The van der Waals surface area contributed by atoms with Crippen LogP contribution >= 0.6 is 0 Å². The predicted octanol–water partition coefficient (Wildman–Crippen LogP) is 1.96. The molecule has 0 aliphatic rings. The van der Waals surface area contributed by atoms with Gasteiger partial charge in [0.05, 0.1) is 0 Å². The zero-order valence-corrected chi connectivity index (χ0v) is 13.4. The van der Waals surface area contributed by atoms with Gasteiger partial charge in [0.1, 0.15) is 0 Å². The number of hydrogen-bond donors (Lipinski definition) is 4. The normalized spacial score (nSPS) is 15.2. The van der Waals surface area contributed by atoms with E-state index in [9.17, 15) is 19.8 Å². The molecule has 128 valence electrons. The Hall–Kier alpha value is -2.70. The number of rotatable bonds is 4. The Morgan fingerprint density at radius 3 is 1.12 bits per heavy atom. The van der Waals surface area contributed by atoms with Crippen LogP contribution in [0.25, 0.3) is 0 Å². The first kappa shape index (κ1) is 19.3. The number of carbonyl (C=O) groups is 2. The van der Waals surface area contributed by atoms with Gasteiger partial charge in [0.15, 0.2) is 11.2 Å². The Bertz CT molecular complexity index is 616. The predicted molar refractivity (Wildman–Crippen MR) is 87.3 cm³/mol. The quantitative estimate of drug-likeness (QED) is 0.680. The molecule has 0 fully saturated rings. The number of aliphatic hydroxyl groups is 2. The molecule has 2 aromatic carbocycles. The highest BCUT2D eigenvalue weighted by atomic mass is 16.4. The smallest absolute Gasteiger partial charge is 0.340 e. The van der Waals surface area contributed by atoms with Gasteiger partial charge in [-0.1, -0.05) is 60.7 Å². The summed E-state index contributed by atoms with van der Waals surface area (Å²) in [5.74, 6) is -2.48. The summed E-state index contributed by atoms with van der Waals surface area (Å²) < 4.78 is 0. The molecule has 2 aromatic rings. The molecule has 2 rings (SSSR count). The number of hydrogen-bond acceptors (Lipinski definition) is 4. The van der Waals surface area contributed by atoms with Crippen molar-refractivity contribution < 1.29 is 30.0 Å². The Morgan fingerprint density at radius 2 is 0.917 bits per heavy atom. The number of carboxylic acids is 2. The third-order valence-corrected chi connectivity index (χ3v) is 3.50. The second-order valence-corrected chi connectivity index (χ2v) is 5.49. The summed E-state index contributed by atoms with van der Waals surface area (Å²) in [4.78, 5) is 21.1. The Kier molecular flexibility index (Phi) is 6.22. The van der Waals surface area contributed by atoms with Gasteiger partial charge in [-0.25, -0.2) is 9.59 Å². The Labute approximate surface area is 139 Å². The standard InChI is InChI=1S/2C9H10O3/c2*1-9(12,8(10)11)7-5-3-2-4-6-7/h2*2-6,12H,1H3,(H,10,11)/t2*9-/m10/s1. The van der Waals surface area contributed by atoms with Crippen molar-refractivity contribution in [1.82, 2.24) is 0 Å². The molecule has 0 amide bonds. The molecule has 0 unspecified atom stereocenters. The van der Waals surface area contributed by atoms with Gasteiger partial charge in [-0.05, 0) is 25.0 Å². The van der Waals surface area contributed by atoms with E-state index in [1.165, 1.54) is 13.8 Å². The number of benzene rings is 2. The van der Waals surface area contributed by atoms with Crippen molar-refractivity contribution in [2.75, 3.05) is 0 Å². The lowest BCUT2D eigenvalue weighted by molar-refractivity contribution is -0.158. The second kappa shape index (κ2) is 7.72. The van der Waals surface area contributed by atoms with Crippen molar-refractivity contribution in [3.63, 3.8) is 0 Å². The maximum Gasteiger partial charge on any atom is 0.340 e. The van der Waals surface area contributed by atoms with Gasteiger partial charge in [0.25, 0.3) is 0 Å². The van der Waals surface area contributed by atoms with Gasteiger partial charge in [0.2, 0.25) is 0 Å². The maximum atomic E-state index is 10.6. The first-order valence-corrected chi connectivity index (χ1v) is 7.12. The lowest BCUT2D eigenvalue weighted by Crippen LogP contribution is -2.31. The van der Waals surface area contributed by atoms with Crippen LogP contribution in [-0.4, -0.2) is 32.4 Å². The van der Waals surface area contributed by atoms with Gasteiger partial charge in [-0.2, -0.15) is 0 Å². The molecule has 0 bridgehead atoms. The van der Waals surface area contributed by atoms with Crippen LogP contribution in [0.15, 0.2) is 60.7 Å². The summed E-state index contributed by atoms with van der Waals surface area (Å²) in [7, 11) is 0. The number of carboxylic acid groups (broad SMARTS) is 2. The van der Waals surface area contributed by atoms with Crippen molar-refractivity contribution in [1.29, 1.82) is 0 Å². The van der Waals surface area contributed by atoms with Crippen molar-refractivity contribution in [3.8, 4) is 0 Å². The van der Waals surface area contributed by atoms with Crippen LogP contribution in [0.1, 0.15) is 25.0 Å². The van der Waals surface area contributed by atoms with Crippen LogP contribution in [0.2, 0.25) is 0 Å². The van der Waals surface area contributed by atoms with Crippen LogP contribution in [-0.2, 0) is 20.8 Å². The van der Waals surface area contributed by atoms with E-state index in [1.807, 2.05) is 0 Å². The van der Waals surface area contributed by atoms with E-state index in [1.54, 1.807) is 60.7 Å². The summed E-state index contributed by atoms with van der Waals surface area (Å²) in [5, 5.41) is 36.2. The van der Waals surface area contributed by atoms with E-state index in [4.69, 9.17) is 10.2 Å². The van der Waals surface area contributed by atoms with Gasteiger partial charge >= 0.3 is 11.9 Å². The number of aliphatic carboxylic acids is 2. The molecule has 2 atom stereocenters. The van der Waals surface area contributed by atoms with Gasteiger partial charge in [-0.15, -0.1) is 0 Å². The van der Waals surface area contributed by atoms with E-state index >= 15 is 0 Å². The molecule has 0 aromatic heterocycles. The SMILES string of the molecule is C[C@@](O)(C(=O)O)c1ccccc1.C[C@](O)(C(=O)O)c1ccccc1. The Morgan fingerprint density at radius 1 is 0.667 bits per heavy atom. The molecule has 6 nitrogen and oxygen atoms in total. The van der Waals surface area contributed by atoms with Crippen molar-refractivity contribution in [2.24, 2.45) is 0 Å². The molecule has 0 aliphatic heterocycles. The highest BCUT2D eigenvalue weighted by Gasteiger charge is 2.32. The molecular formula is C18H20O6. The van der Waals surface area contributed by atoms with Crippen LogP contribution < -0.4 is 0 Å². The van der Waals surface area contributed by atoms with Crippen LogP contribution in [0.5, 0.6) is 0 Å². The molecule has 6 heteroatoms. The monoisotopic (exact) mass is 332 g/mol. The molecule has 0 aliphatic carbocycles. The minimum Gasteiger partial charge on any atom is -0.479 e. The van der Waals surface area contributed by atoms with E-state index in [2.05, 4.69) is 0 Å². The summed E-state index contributed by atoms with van der Waals surface area (Å²) in [5.41, 5.74) is -2.81. The highest BCUT2D eigenvalue weighted by molar-refractivity contribution is 5.78. The second-order valence-electron chi connectivity index (χ2n) is 5.49. The fourth-order valence-corrected chi connectivity index (χ4v) is 1.77. The Balaban J connectivity index is 0.000000240. The van der Waals surface area contributed by atoms with Crippen molar-refractivity contribution in [2.45, 2.75) is 25.0 Å². The average Bonchev–Trinajstić information content (AvgIpc) is 2.56. The van der Waals surface area contributed by atoms with Crippen molar-refractivity contribution >= 4 is 11.9 Å². The van der Waals surface area contributed by atoms with Crippen LogP contribution in [0, 0.1) is 0 Å². The molecule has 0 saturated heterocycles. The zero-order valence-electron chi connectivity index (χ0n) is 13.4. The minimum absolute atomic E-state index is 0.387. The first-order chi connectivity index (χ1) is 11.1. The van der Waals surface area contributed by atoms with E-state index in [0.717, 1.165) is 0 Å². The van der Waals surface area contributed by atoms with Gasteiger partial charge < -0.3 is 20.4 Å². The molecule has 0 saturated carbocycles. The third-order valence-electron chi connectivity index (χ3n) is 3.50. The van der Waals surface area contributed by atoms with E-state index in [-0.39, 0.29) is 0 Å². The largest absolute Gasteiger partial charge is 0.479 e. The van der Waals surface area contributed by atoms with E-state index < -0.39 is 23.1 Å². The van der Waals surface area contributed by atoms with Gasteiger partial charge in [0, 0.05) is 0 Å². The maximum absolute atomic E-state index is 10.6.